The molecule has 3 atom stereocenters. The Morgan fingerprint density at radius 1 is 1.22 bits per heavy atom. The molecule has 0 spiro atoms. The van der Waals surface area contributed by atoms with E-state index in [4.69, 9.17) is 4.74 Å². The molecule has 2 nitrogen and oxygen atoms in total. The molecule has 0 amide bonds. The fraction of sp³-hybridized carbons (Fsp3) is 0.625. The molecular weight excluding hydrogens is 222 g/mol. The molecule has 1 fully saturated rings. The molecule has 2 heteroatoms. The predicted octanol–water partition coefficient (Wildman–Crippen LogP) is 4.07. The van der Waals surface area contributed by atoms with Gasteiger partial charge in [0.15, 0.2) is 0 Å². The Bertz CT molecular complexity index is 377. The Balaban J connectivity index is 2.08. The Morgan fingerprint density at radius 3 is 2.78 bits per heavy atom. The van der Waals surface area contributed by atoms with Crippen LogP contribution in [0.3, 0.4) is 0 Å². The van der Waals surface area contributed by atoms with Gasteiger partial charge in [-0.25, -0.2) is 0 Å². The van der Waals surface area contributed by atoms with Gasteiger partial charge < -0.3 is 10.1 Å². The Labute approximate surface area is 111 Å². The monoisotopic (exact) mass is 247 g/mol. The van der Waals surface area contributed by atoms with E-state index in [1.54, 1.807) is 7.11 Å². The van der Waals surface area contributed by atoms with Crippen molar-refractivity contribution < 1.29 is 4.74 Å². The van der Waals surface area contributed by atoms with Gasteiger partial charge in [0, 0.05) is 24.4 Å². The highest BCUT2D eigenvalue weighted by Crippen LogP contribution is 2.32. The lowest BCUT2D eigenvalue weighted by atomic mass is 9.78. The third-order valence-corrected chi connectivity index (χ3v) is 4.36. The SMILES string of the molecule is COCc1ccccc1NC1CCCC(C)C1C. The highest BCUT2D eigenvalue weighted by molar-refractivity contribution is 5.51. The second-order valence-corrected chi connectivity index (χ2v) is 5.61. The normalized spacial score (nSPS) is 28.1. The van der Waals surface area contributed by atoms with Gasteiger partial charge in [-0.3, -0.25) is 0 Å². The molecule has 2 rings (SSSR count). The summed E-state index contributed by atoms with van der Waals surface area (Å²) in [5.74, 6) is 1.57. The summed E-state index contributed by atoms with van der Waals surface area (Å²) >= 11 is 0. The van der Waals surface area contributed by atoms with E-state index in [2.05, 4.69) is 43.4 Å². The number of ether oxygens (including phenoxy) is 1. The molecule has 1 aromatic carbocycles. The first-order chi connectivity index (χ1) is 8.72. The zero-order chi connectivity index (χ0) is 13.0. The molecule has 1 N–H and O–H groups in total. The van der Waals surface area contributed by atoms with E-state index in [-0.39, 0.29) is 0 Å². The van der Waals surface area contributed by atoms with Gasteiger partial charge in [-0.15, -0.1) is 0 Å². The third-order valence-electron chi connectivity index (χ3n) is 4.36. The van der Waals surface area contributed by atoms with E-state index in [1.807, 2.05) is 0 Å². The fourth-order valence-electron chi connectivity index (χ4n) is 2.93. The van der Waals surface area contributed by atoms with Gasteiger partial charge in [0.25, 0.3) is 0 Å². The summed E-state index contributed by atoms with van der Waals surface area (Å²) in [5, 5.41) is 3.73. The van der Waals surface area contributed by atoms with Crippen molar-refractivity contribution in [3.05, 3.63) is 29.8 Å². The van der Waals surface area contributed by atoms with Crippen LogP contribution < -0.4 is 5.32 Å². The van der Waals surface area contributed by atoms with Crippen molar-refractivity contribution in [2.24, 2.45) is 11.8 Å². The number of rotatable bonds is 4. The number of benzene rings is 1. The minimum Gasteiger partial charge on any atom is -0.382 e. The van der Waals surface area contributed by atoms with Gasteiger partial charge in [0.1, 0.15) is 0 Å². The van der Waals surface area contributed by atoms with Crippen LogP contribution in [-0.4, -0.2) is 13.2 Å². The molecule has 3 unspecified atom stereocenters. The number of hydrogen-bond acceptors (Lipinski definition) is 2. The van der Waals surface area contributed by atoms with Crippen LogP contribution in [0.2, 0.25) is 0 Å². The molecule has 0 aromatic heterocycles. The van der Waals surface area contributed by atoms with E-state index in [0.29, 0.717) is 12.6 Å². The maximum absolute atomic E-state index is 5.27. The van der Waals surface area contributed by atoms with Gasteiger partial charge in [0.05, 0.1) is 6.61 Å². The summed E-state index contributed by atoms with van der Waals surface area (Å²) in [5.41, 5.74) is 2.50. The molecule has 0 saturated heterocycles. The van der Waals surface area contributed by atoms with Gasteiger partial charge in [-0.05, 0) is 24.3 Å². The highest BCUT2D eigenvalue weighted by Gasteiger charge is 2.27. The second kappa shape index (κ2) is 6.24. The summed E-state index contributed by atoms with van der Waals surface area (Å²) in [7, 11) is 1.75. The van der Waals surface area contributed by atoms with Gasteiger partial charge in [-0.1, -0.05) is 44.9 Å². The van der Waals surface area contributed by atoms with Crippen LogP contribution >= 0.6 is 0 Å². The zero-order valence-electron chi connectivity index (χ0n) is 11.8. The molecule has 0 radical (unpaired) electrons. The first-order valence-electron chi connectivity index (χ1n) is 7.05. The van der Waals surface area contributed by atoms with Gasteiger partial charge >= 0.3 is 0 Å². The zero-order valence-corrected chi connectivity index (χ0v) is 11.8. The van der Waals surface area contributed by atoms with E-state index in [0.717, 1.165) is 11.8 Å². The van der Waals surface area contributed by atoms with Crippen molar-refractivity contribution in [2.75, 3.05) is 12.4 Å². The van der Waals surface area contributed by atoms with Gasteiger partial charge in [-0.2, -0.15) is 0 Å². The topological polar surface area (TPSA) is 21.3 Å². The van der Waals surface area contributed by atoms with Crippen molar-refractivity contribution in [1.82, 2.24) is 0 Å². The average Bonchev–Trinajstić information content (AvgIpc) is 2.37. The molecule has 1 aliphatic rings. The number of methoxy groups -OCH3 is 1. The first-order valence-corrected chi connectivity index (χ1v) is 7.05. The maximum atomic E-state index is 5.27. The lowest BCUT2D eigenvalue weighted by Crippen LogP contribution is -2.35. The quantitative estimate of drug-likeness (QED) is 0.866. The molecule has 0 bridgehead atoms. The largest absolute Gasteiger partial charge is 0.382 e. The van der Waals surface area contributed by atoms with Gasteiger partial charge in [0.2, 0.25) is 0 Å². The predicted molar refractivity (Wildman–Crippen MR) is 76.7 cm³/mol. The van der Waals surface area contributed by atoms with Crippen molar-refractivity contribution in [3.63, 3.8) is 0 Å². The van der Waals surface area contributed by atoms with Crippen molar-refractivity contribution in [1.29, 1.82) is 0 Å². The summed E-state index contributed by atoms with van der Waals surface area (Å²) in [4.78, 5) is 0. The van der Waals surface area contributed by atoms with E-state index >= 15 is 0 Å². The first kappa shape index (κ1) is 13.4. The number of hydrogen-bond donors (Lipinski definition) is 1. The third kappa shape index (κ3) is 3.05. The summed E-state index contributed by atoms with van der Waals surface area (Å²) in [6.07, 6.45) is 4.00. The Morgan fingerprint density at radius 2 is 2.00 bits per heavy atom. The van der Waals surface area contributed by atoms with Crippen LogP contribution in [0, 0.1) is 11.8 Å². The van der Waals surface area contributed by atoms with Crippen molar-refractivity contribution in [2.45, 2.75) is 45.8 Å². The molecule has 18 heavy (non-hydrogen) atoms. The van der Waals surface area contributed by atoms with E-state index in [9.17, 15) is 0 Å². The second-order valence-electron chi connectivity index (χ2n) is 5.61. The highest BCUT2D eigenvalue weighted by atomic mass is 16.5. The molecule has 0 heterocycles. The summed E-state index contributed by atoms with van der Waals surface area (Å²) in [6.45, 7) is 5.43. The van der Waals surface area contributed by atoms with Crippen LogP contribution in [0.25, 0.3) is 0 Å². The molecular formula is C16H25NO. The van der Waals surface area contributed by atoms with E-state index in [1.165, 1.54) is 30.5 Å². The van der Waals surface area contributed by atoms with Crippen LogP contribution in [-0.2, 0) is 11.3 Å². The standard InChI is InChI=1S/C16H25NO/c1-12-7-6-10-15(13(12)2)17-16-9-5-4-8-14(16)11-18-3/h4-5,8-9,12-13,15,17H,6-7,10-11H2,1-3H3. The summed E-state index contributed by atoms with van der Waals surface area (Å²) < 4.78 is 5.27. The fourth-order valence-corrected chi connectivity index (χ4v) is 2.93. The molecule has 1 aliphatic carbocycles. The minimum absolute atomic E-state index is 0.603. The summed E-state index contributed by atoms with van der Waals surface area (Å²) in [6, 6.07) is 9.08. The minimum atomic E-state index is 0.603. The van der Waals surface area contributed by atoms with Crippen LogP contribution in [0.4, 0.5) is 5.69 Å². The van der Waals surface area contributed by atoms with Crippen molar-refractivity contribution >= 4 is 5.69 Å². The van der Waals surface area contributed by atoms with Crippen LogP contribution in [0.5, 0.6) is 0 Å². The Kier molecular flexibility index (Phi) is 4.65. The number of para-hydroxylation sites is 1. The number of nitrogens with one attached hydrogen (secondary N) is 1. The molecule has 100 valence electrons. The van der Waals surface area contributed by atoms with E-state index < -0.39 is 0 Å². The number of anilines is 1. The molecule has 1 aromatic rings. The molecule has 0 aliphatic heterocycles. The Hall–Kier alpha value is -1.02. The van der Waals surface area contributed by atoms with Crippen LogP contribution in [0.15, 0.2) is 24.3 Å². The van der Waals surface area contributed by atoms with Crippen LogP contribution in [0.1, 0.15) is 38.7 Å². The smallest absolute Gasteiger partial charge is 0.0733 e. The lowest BCUT2D eigenvalue weighted by Gasteiger charge is -2.35. The lowest BCUT2D eigenvalue weighted by molar-refractivity contribution is 0.185. The molecule has 1 saturated carbocycles. The van der Waals surface area contributed by atoms with Crippen molar-refractivity contribution in [3.8, 4) is 0 Å². The average molecular weight is 247 g/mol. The maximum Gasteiger partial charge on any atom is 0.0733 e.